The van der Waals surface area contributed by atoms with E-state index in [1.165, 1.54) is 6.07 Å². The Morgan fingerprint density at radius 1 is 1.14 bits per heavy atom. The molecule has 0 saturated carbocycles. The van der Waals surface area contributed by atoms with Gasteiger partial charge in [0.2, 0.25) is 6.79 Å². The minimum Gasteiger partial charge on any atom is -0.454 e. The lowest BCUT2D eigenvalue weighted by Gasteiger charge is -2.38. The van der Waals surface area contributed by atoms with Gasteiger partial charge in [-0.1, -0.05) is 6.07 Å². The maximum absolute atomic E-state index is 11.4. The van der Waals surface area contributed by atoms with E-state index in [-0.39, 0.29) is 23.5 Å². The predicted octanol–water partition coefficient (Wildman–Crippen LogP) is 3.36. The summed E-state index contributed by atoms with van der Waals surface area (Å²) in [6, 6.07) is 12.3. The third kappa shape index (κ3) is 3.32. The Bertz CT molecular complexity index is 947. The number of ether oxygens (including phenoxy) is 3. The average Bonchev–Trinajstić information content (AvgIpc) is 3.20. The summed E-state index contributed by atoms with van der Waals surface area (Å²) in [5.74, 6) is 1.44. The van der Waals surface area contributed by atoms with Crippen molar-refractivity contribution in [3.8, 4) is 17.6 Å². The maximum atomic E-state index is 11.4. The minimum atomic E-state index is -0.472. The molecular weight excluding hydrogens is 362 g/mol. The highest BCUT2D eigenvalue weighted by Crippen LogP contribution is 2.41. The number of rotatable bonds is 5. The van der Waals surface area contributed by atoms with E-state index in [9.17, 15) is 10.1 Å². The van der Waals surface area contributed by atoms with Crippen LogP contribution in [0.15, 0.2) is 36.4 Å². The number of nitrogens with one attached hydrogen (secondary N) is 1. The number of anilines is 1. The van der Waals surface area contributed by atoms with Gasteiger partial charge in [-0.05, 0) is 42.7 Å². The highest BCUT2D eigenvalue weighted by Gasteiger charge is 2.36. The number of nitro benzene ring substituents is 1. The molecule has 144 valence electrons. The normalized spacial score (nSPS) is 17.0. The summed E-state index contributed by atoms with van der Waals surface area (Å²) in [5.41, 5.74) is 1.39. The van der Waals surface area contributed by atoms with E-state index in [1.54, 1.807) is 12.1 Å². The first kappa shape index (κ1) is 18.1. The fourth-order valence-electron chi connectivity index (χ4n) is 3.72. The van der Waals surface area contributed by atoms with Crippen molar-refractivity contribution in [2.45, 2.75) is 18.3 Å². The van der Waals surface area contributed by atoms with E-state index in [0.29, 0.717) is 31.2 Å². The molecule has 0 aliphatic carbocycles. The lowest BCUT2D eigenvalue weighted by molar-refractivity contribution is -0.384. The highest BCUT2D eigenvalue weighted by atomic mass is 16.7. The molecule has 0 bridgehead atoms. The molecule has 0 spiro atoms. The van der Waals surface area contributed by atoms with Gasteiger partial charge in [-0.2, -0.15) is 5.26 Å². The minimum absolute atomic E-state index is 0.105. The molecule has 1 saturated heterocycles. The van der Waals surface area contributed by atoms with Crippen molar-refractivity contribution in [1.29, 1.82) is 5.26 Å². The largest absolute Gasteiger partial charge is 0.454 e. The number of nitriles is 1. The number of nitro groups is 1. The molecule has 2 aromatic rings. The van der Waals surface area contributed by atoms with Crippen LogP contribution in [0.2, 0.25) is 0 Å². The smallest absolute Gasteiger partial charge is 0.293 e. The fourth-order valence-corrected chi connectivity index (χ4v) is 3.72. The lowest BCUT2D eigenvalue weighted by atomic mass is 9.74. The first-order valence-corrected chi connectivity index (χ1v) is 9.02. The van der Waals surface area contributed by atoms with Gasteiger partial charge < -0.3 is 19.5 Å². The molecule has 0 atom stereocenters. The molecule has 1 N–H and O–H groups in total. The van der Waals surface area contributed by atoms with Crippen molar-refractivity contribution in [3.05, 3.63) is 57.6 Å². The van der Waals surface area contributed by atoms with Gasteiger partial charge in [0.05, 0.1) is 16.6 Å². The second-order valence-electron chi connectivity index (χ2n) is 6.92. The van der Waals surface area contributed by atoms with Crippen LogP contribution < -0.4 is 14.8 Å². The van der Waals surface area contributed by atoms with Crippen LogP contribution >= 0.6 is 0 Å². The topological polar surface area (TPSA) is 107 Å². The Hall–Kier alpha value is -3.31. The Morgan fingerprint density at radius 2 is 1.93 bits per heavy atom. The third-order valence-electron chi connectivity index (χ3n) is 5.38. The quantitative estimate of drug-likeness (QED) is 0.625. The van der Waals surface area contributed by atoms with E-state index >= 15 is 0 Å². The zero-order chi connectivity index (χ0) is 19.6. The van der Waals surface area contributed by atoms with Crippen molar-refractivity contribution >= 4 is 11.4 Å². The highest BCUT2D eigenvalue weighted by molar-refractivity contribution is 5.64. The van der Waals surface area contributed by atoms with E-state index in [1.807, 2.05) is 24.3 Å². The van der Waals surface area contributed by atoms with Crippen LogP contribution in [0, 0.1) is 21.4 Å². The Labute approximate surface area is 161 Å². The summed E-state index contributed by atoms with van der Waals surface area (Å²) in [6.45, 7) is 1.95. The van der Waals surface area contributed by atoms with Gasteiger partial charge in [-0.15, -0.1) is 0 Å². The van der Waals surface area contributed by atoms with Crippen molar-refractivity contribution in [2.24, 2.45) is 0 Å². The lowest BCUT2D eigenvalue weighted by Crippen LogP contribution is -2.40. The summed E-state index contributed by atoms with van der Waals surface area (Å²) in [4.78, 5) is 11.0. The third-order valence-corrected chi connectivity index (χ3v) is 5.38. The zero-order valence-corrected chi connectivity index (χ0v) is 15.1. The standard InChI is InChI=1S/C20H19N3O5/c21-11-14-1-3-16(17(9-14)23(24)25)22-12-20(5-7-26-8-6-20)15-2-4-18-19(10-15)28-13-27-18/h1-4,9-10,22H,5-8,12-13H2. The van der Waals surface area contributed by atoms with Crippen LogP contribution in [0.4, 0.5) is 11.4 Å². The average molecular weight is 381 g/mol. The van der Waals surface area contributed by atoms with Crippen LogP contribution in [0.3, 0.4) is 0 Å². The second-order valence-corrected chi connectivity index (χ2v) is 6.92. The molecule has 8 nitrogen and oxygen atoms in total. The zero-order valence-electron chi connectivity index (χ0n) is 15.1. The van der Waals surface area contributed by atoms with E-state index < -0.39 is 4.92 Å². The van der Waals surface area contributed by atoms with Crippen LogP contribution in [-0.2, 0) is 10.2 Å². The summed E-state index contributed by atoms with van der Waals surface area (Å²) >= 11 is 0. The molecule has 4 rings (SSSR count). The fraction of sp³-hybridized carbons (Fsp3) is 0.350. The van der Waals surface area contributed by atoms with Gasteiger partial charge in [-0.3, -0.25) is 10.1 Å². The summed E-state index contributed by atoms with van der Waals surface area (Å²) in [6.07, 6.45) is 1.56. The van der Waals surface area contributed by atoms with E-state index in [0.717, 1.165) is 24.2 Å². The molecule has 0 radical (unpaired) electrons. The van der Waals surface area contributed by atoms with Gasteiger partial charge in [0.1, 0.15) is 5.69 Å². The van der Waals surface area contributed by atoms with Crippen LogP contribution in [0.5, 0.6) is 11.5 Å². The molecule has 2 aromatic carbocycles. The van der Waals surface area contributed by atoms with Crippen LogP contribution in [0.25, 0.3) is 0 Å². The molecule has 0 amide bonds. The Balaban J connectivity index is 1.63. The van der Waals surface area contributed by atoms with Crippen molar-refractivity contribution < 1.29 is 19.1 Å². The molecule has 8 heteroatoms. The molecule has 2 heterocycles. The number of benzene rings is 2. The molecule has 2 aliphatic heterocycles. The number of hydrogen-bond acceptors (Lipinski definition) is 7. The molecule has 0 aromatic heterocycles. The second kappa shape index (κ2) is 7.37. The summed E-state index contributed by atoms with van der Waals surface area (Å²) < 4.78 is 16.5. The maximum Gasteiger partial charge on any atom is 0.293 e. The molecular formula is C20H19N3O5. The van der Waals surface area contributed by atoms with E-state index in [4.69, 9.17) is 19.5 Å². The number of hydrogen-bond donors (Lipinski definition) is 1. The van der Waals surface area contributed by atoms with Crippen molar-refractivity contribution in [2.75, 3.05) is 31.9 Å². The number of nitrogens with zero attached hydrogens (tertiary/aromatic N) is 2. The molecule has 2 aliphatic rings. The number of fused-ring (bicyclic) bond motifs is 1. The van der Waals surface area contributed by atoms with Gasteiger partial charge >= 0.3 is 0 Å². The molecule has 28 heavy (non-hydrogen) atoms. The van der Waals surface area contributed by atoms with Gasteiger partial charge in [0.25, 0.3) is 5.69 Å². The van der Waals surface area contributed by atoms with Gasteiger partial charge in [0, 0.05) is 31.2 Å². The van der Waals surface area contributed by atoms with E-state index in [2.05, 4.69) is 5.32 Å². The predicted molar refractivity (Wildman–Crippen MR) is 101 cm³/mol. The first-order valence-electron chi connectivity index (χ1n) is 9.02. The van der Waals surface area contributed by atoms with Crippen LogP contribution in [0.1, 0.15) is 24.0 Å². The van der Waals surface area contributed by atoms with Gasteiger partial charge in [0.15, 0.2) is 11.5 Å². The van der Waals surface area contributed by atoms with Crippen molar-refractivity contribution in [1.82, 2.24) is 0 Å². The summed E-state index contributed by atoms with van der Waals surface area (Å²) in [5, 5.41) is 23.7. The van der Waals surface area contributed by atoms with Crippen molar-refractivity contribution in [3.63, 3.8) is 0 Å². The Morgan fingerprint density at radius 3 is 2.68 bits per heavy atom. The van der Waals surface area contributed by atoms with Gasteiger partial charge in [-0.25, -0.2) is 0 Å². The summed E-state index contributed by atoms with van der Waals surface area (Å²) in [7, 11) is 0. The Kier molecular flexibility index (Phi) is 4.75. The molecule has 0 unspecified atom stereocenters. The first-order chi connectivity index (χ1) is 13.6. The van der Waals surface area contributed by atoms with Crippen LogP contribution in [-0.4, -0.2) is 31.5 Å². The SMILES string of the molecule is N#Cc1ccc(NCC2(c3ccc4c(c3)OCO4)CCOCC2)c([N+](=O)[O-])c1. The molecule has 1 fully saturated rings. The monoisotopic (exact) mass is 381 g/mol.